The van der Waals surface area contributed by atoms with Gasteiger partial charge in [0.15, 0.2) is 5.96 Å². The lowest BCUT2D eigenvalue weighted by atomic mass is 9.88. The van der Waals surface area contributed by atoms with Crippen LogP contribution in [-0.2, 0) is 12.0 Å². The van der Waals surface area contributed by atoms with Crippen LogP contribution in [0.5, 0.6) is 0 Å². The summed E-state index contributed by atoms with van der Waals surface area (Å²) in [6.45, 7) is 12.3. The zero-order valence-electron chi connectivity index (χ0n) is 18.8. The molecule has 0 saturated carbocycles. The molecule has 5 nitrogen and oxygen atoms in total. The second kappa shape index (κ2) is 11.8. The van der Waals surface area contributed by atoms with Gasteiger partial charge < -0.3 is 10.6 Å². The van der Waals surface area contributed by atoms with Crippen LogP contribution in [-0.4, -0.2) is 42.5 Å². The van der Waals surface area contributed by atoms with Gasteiger partial charge in [0.25, 0.3) is 0 Å². The molecule has 8 heteroatoms. The SMILES string of the molecule is CCNC(=NCc1nc(C(C)(C)C)cs1)NCC1CCCN(C)C1c1cccs1.I. The van der Waals surface area contributed by atoms with E-state index in [0.717, 1.165) is 29.8 Å². The molecule has 1 aliphatic heterocycles. The van der Waals surface area contributed by atoms with Gasteiger partial charge in [0.1, 0.15) is 5.01 Å². The summed E-state index contributed by atoms with van der Waals surface area (Å²) in [5.74, 6) is 1.47. The molecule has 0 bridgehead atoms. The van der Waals surface area contributed by atoms with E-state index in [1.54, 1.807) is 11.3 Å². The molecule has 1 fully saturated rings. The molecular weight excluding hydrogens is 525 g/mol. The molecule has 0 aromatic carbocycles. The number of likely N-dealkylation sites (tertiary alicyclic amines) is 1. The summed E-state index contributed by atoms with van der Waals surface area (Å²) in [4.78, 5) is 13.6. The summed E-state index contributed by atoms with van der Waals surface area (Å²) in [5.41, 5.74) is 1.24. The third kappa shape index (κ3) is 6.90. The number of aromatic nitrogens is 1. The van der Waals surface area contributed by atoms with Gasteiger partial charge in [-0.25, -0.2) is 9.98 Å². The summed E-state index contributed by atoms with van der Waals surface area (Å²) in [6.07, 6.45) is 2.51. The molecule has 1 saturated heterocycles. The van der Waals surface area contributed by atoms with Gasteiger partial charge >= 0.3 is 0 Å². The Morgan fingerprint density at radius 1 is 1.30 bits per heavy atom. The molecule has 0 spiro atoms. The topological polar surface area (TPSA) is 52.6 Å². The number of halogens is 1. The molecule has 0 aliphatic carbocycles. The molecule has 168 valence electrons. The molecule has 2 aromatic rings. The van der Waals surface area contributed by atoms with Crippen molar-refractivity contribution in [3.05, 3.63) is 38.5 Å². The van der Waals surface area contributed by atoms with E-state index in [0.29, 0.717) is 18.5 Å². The summed E-state index contributed by atoms with van der Waals surface area (Å²) >= 11 is 3.57. The van der Waals surface area contributed by atoms with Crippen LogP contribution in [0.1, 0.15) is 62.2 Å². The quantitative estimate of drug-likeness (QED) is 0.287. The minimum absolute atomic E-state index is 0. The fraction of sp³-hybridized carbons (Fsp3) is 0.636. The van der Waals surface area contributed by atoms with Crippen molar-refractivity contribution in [2.75, 3.05) is 26.7 Å². The Hall–Kier alpha value is -0.710. The third-order valence-electron chi connectivity index (χ3n) is 5.41. The monoisotopic (exact) mass is 561 g/mol. The molecule has 2 unspecified atom stereocenters. The third-order valence-corrected chi connectivity index (χ3v) is 7.19. The Labute approximate surface area is 206 Å². The Kier molecular flexibility index (Phi) is 10.0. The zero-order valence-corrected chi connectivity index (χ0v) is 22.7. The van der Waals surface area contributed by atoms with Crippen LogP contribution in [0.2, 0.25) is 0 Å². The maximum Gasteiger partial charge on any atom is 0.191 e. The number of hydrogen-bond acceptors (Lipinski definition) is 5. The van der Waals surface area contributed by atoms with Crippen LogP contribution >= 0.6 is 46.7 Å². The van der Waals surface area contributed by atoms with Gasteiger partial charge in [-0.2, -0.15) is 0 Å². The molecule has 3 rings (SSSR count). The zero-order chi connectivity index (χ0) is 20.9. The van der Waals surface area contributed by atoms with Gasteiger partial charge in [0, 0.05) is 34.8 Å². The minimum Gasteiger partial charge on any atom is -0.357 e. The molecule has 0 radical (unpaired) electrons. The maximum absolute atomic E-state index is 4.80. The molecule has 2 atom stereocenters. The van der Waals surface area contributed by atoms with Gasteiger partial charge in [-0.05, 0) is 50.7 Å². The number of thiazole rings is 1. The number of hydrogen-bond donors (Lipinski definition) is 2. The lowest BCUT2D eigenvalue weighted by molar-refractivity contribution is 0.125. The van der Waals surface area contributed by atoms with Gasteiger partial charge in [-0.1, -0.05) is 26.8 Å². The average molecular weight is 562 g/mol. The predicted molar refractivity (Wildman–Crippen MR) is 141 cm³/mol. The van der Waals surface area contributed by atoms with Crippen LogP contribution in [0.3, 0.4) is 0 Å². The first-order chi connectivity index (χ1) is 13.9. The van der Waals surface area contributed by atoms with Crippen molar-refractivity contribution in [2.24, 2.45) is 10.9 Å². The first-order valence-electron chi connectivity index (χ1n) is 10.6. The number of guanidine groups is 1. The molecule has 3 heterocycles. The van der Waals surface area contributed by atoms with Crippen molar-refractivity contribution in [2.45, 2.75) is 58.5 Å². The van der Waals surface area contributed by atoms with Crippen LogP contribution in [0.4, 0.5) is 0 Å². The Balaban J connectivity index is 0.00000320. The van der Waals surface area contributed by atoms with Gasteiger partial charge in [0.2, 0.25) is 0 Å². The first-order valence-corrected chi connectivity index (χ1v) is 12.3. The van der Waals surface area contributed by atoms with E-state index in [9.17, 15) is 0 Å². The molecule has 0 amide bonds. The second-order valence-corrected chi connectivity index (χ2v) is 10.7. The van der Waals surface area contributed by atoms with Crippen molar-refractivity contribution in [3.63, 3.8) is 0 Å². The number of rotatable bonds is 6. The predicted octanol–water partition coefficient (Wildman–Crippen LogP) is 5.26. The van der Waals surface area contributed by atoms with Crippen LogP contribution in [0, 0.1) is 5.92 Å². The fourth-order valence-corrected chi connectivity index (χ4v) is 5.75. The second-order valence-electron chi connectivity index (χ2n) is 8.80. The van der Waals surface area contributed by atoms with Gasteiger partial charge in [-0.3, -0.25) is 4.90 Å². The summed E-state index contributed by atoms with van der Waals surface area (Å²) in [5, 5.41) is 12.4. The lowest BCUT2D eigenvalue weighted by Gasteiger charge is -2.39. The van der Waals surface area contributed by atoms with E-state index >= 15 is 0 Å². The van der Waals surface area contributed by atoms with Crippen LogP contribution in [0.25, 0.3) is 0 Å². The number of thiophene rings is 1. The molecular formula is C22H36IN5S2. The van der Waals surface area contributed by atoms with E-state index in [4.69, 9.17) is 9.98 Å². The Bertz CT molecular complexity index is 782. The van der Waals surface area contributed by atoms with E-state index in [1.807, 2.05) is 11.3 Å². The van der Waals surface area contributed by atoms with Crippen molar-refractivity contribution in [3.8, 4) is 0 Å². The Morgan fingerprint density at radius 3 is 2.73 bits per heavy atom. The fourth-order valence-electron chi connectivity index (χ4n) is 3.83. The van der Waals surface area contributed by atoms with Gasteiger partial charge in [0.05, 0.1) is 12.2 Å². The summed E-state index contributed by atoms with van der Waals surface area (Å²) in [6, 6.07) is 4.93. The van der Waals surface area contributed by atoms with Crippen LogP contribution < -0.4 is 10.6 Å². The number of nitrogens with zero attached hydrogens (tertiary/aromatic N) is 3. The van der Waals surface area contributed by atoms with Gasteiger partial charge in [-0.15, -0.1) is 46.7 Å². The molecule has 2 aromatic heterocycles. The largest absolute Gasteiger partial charge is 0.357 e. The number of aliphatic imine (C=N–C) groups is 1. The van der Waals surface area contributed by atoms with E-state index < -0.39 is 0 Å². The van der Waals surface area contributed by atoms with Crippen molar-refractivity contribution in [1.82, 2.24) is 20.5 Å². The summed E-state index contributed by atoms with van der Waals surface area (Å²) < 4.78 is 0. The normalized spacial score (nSPS) is 20.6. The van der Waals surface area contributed by atoms with Crippen molar-refractivity contribution < 1.29 is 0 Å². The van der Waals surface area contributed by atoms with E-state index in [-0.39, 0.29) is 29.4 Å². The van der Waals surface area contributed by atoms with E-state index in [1.165, 1.54) is 24.3 Å². The number of nitrogens with one attached hydrogen (secondary N) is 2. The Morgan fingerprint density at radius 2 is 2.10 bits per heavy atom. The molecule has 1 aliphatic rings. The van der Waals surface area contributed by atoms with Crippen LogP contribution in [0.15, 0.2) is 27.9 Å². The van der Waals surface area contributed by atoms with E-state index in [2.05, 4.69) is 73.2 Å². The highest BCUT2D eigenvalue weighted by Gasteiger charge is 2.31. The van der Waals surface area contributed by atoms with Crippen molar-refractivity contribution in [1.29, 1.82) is 0 Å². The molecule has 2 N–H and O–H groups in total. The smallest absolute Gasteiger partial charge is 0.191 e. The highest BCUT2D eigenvalue weighted by Crippen LogP contribution is 2.36. The number of piperidine rings is 1. The average Bonchev–Trinajstić information content (AvgIpc) is 3.35. The highest BCUT2D eigenvalue weighted by atomic mass is 127. The highest BCUT2D eigenvalue weighted by molar-refractivity contribution is 14.0. The summed E-state index contributed by atoms with van der Waals surface area (Å²) in [7, 11) is 2.26. The first kappa shape index (κ1) is 25.5. The van der Waals surface area contributed by atoms with Crippen molar-refractivity contribution >= 4 is 52.6 Å². The molecule has 30 heavy (non-hydrogen) atoms. The maximum atomic E-state index is 4.80. The lowest BCUT2D eigenvalue weighted by Crippen LogP contribution is -2.44. The standard InChI is InChI=1S/C22H35N5S2.HI/c1-6-23-21(25-14-19-26-18(15-29-19)22(2,3)4)24-13-16-9-7-11-27(5)20(16)17-10-8-12-28-17;/h8,10,12,15-16,20H,6-7,9,11,13-14H2,1-5H3,(H2,23,24,25);1H. The minimum atomic E-state index is 0.